The molecule has 0 saturated heterocycles. The molecule has 0 spiro atoms. The number of aromatic nitrogens is 2. The smallest absolute Gasteiger partial charge is 0.0524 e. The highest BCUT2D eigenvalue weighted by Gasteiger charge is 2.39. The van der Waals surface area contributed by atoms with E-state index in [1.165, 1.54) is 31.4 Å². The Morgan fingerprint density at radius 1 is 1.50 bits per heavy atom. The van der Waals surface area contributed by atoms with Crippen molar-refractivity contribution >= 4 is 0 Å². The summed E-state index contributed by atoms with van der Waals surface area (Å²) in [5.74, 6) is 1.64. The van der Waals surface area contributed by atoms with Crippen LogP contribution in [-0.4, -0.2) is 22.4 Å². The van der Waals surface area contributed by atoms with Gasteiger partial charge in [-0.3, -0.25) is 4.68 Å². The molecule has 2 aliphatic carbocycles. The summed E-state index contributed by atoms with van der Waals surface area (Å²) in [6, 6.07) is 1.33. The van der Waals surface area contributed by atoms with Crippen LogP contribution in [0.4, 0.5) is 0 Å². The molecule has 3 rings (SSSR count). The second-order valence-electron chi connectivity index (χ2n) is 5.63. The number of nitrogens with one attached hydrogen (secondary N) is 1. The van der Waals surface area contributed by atoms with Crippen LogP contribution < -0.4 is 5.32 Å². The standard InChI is InChI=1S/C13H21N3/c1-9(2)16-8-11(7-15-16)13-5-10(13)6-14-12-3-4-12/h7-10,12-14H,3-6H2,1-2H3. The molecule has 1 N–H and O–H groups in total. The van der Waals surface area contributed by atoms with Crippen LogP contribution >= 0.6 is 0 Å². The van der Waals surface area contributed by atoms with Crippen molar-refractivity contribution in [3.63, 3.8) is 0 Å². The Hall–Kier alpha value is -0.830. The van der Waals surface area contributed by atoms with Gasteiger partial charge in [0.1, 0.15) is 0 Å². The van der Waals surface area contributed by atoms with E-state index in [2.05, 4.69) is 41.3 Å². The van der Waals surface area contributed by atoms with E-state index >= 15 is 0 Å². The first-order valence-corrected chi connectivity index (χ1v) is 6.51. The van der Waals surface area contributed by atoms with Crippen LogP contribution in [0.5, 0.6) is 0 Å². The molecule has 0 aromatic carbocycles. The summed E-state index contributed by atoms with van der Waals surface area (Å²) in [7, 11) is 0. The van der Waals surface area contributed by atoms with Crippen LogP contribution in [0.2, 0.25) is 0 Å². The summed E-state index contributed by atoms with van der Waals surface area (Å²) in [6.07, 6.45) is 8.42. The predicted molar refractivity (Wildman–Crippen MR) is 64.5 cm³/mol. The number of rotatable bonds is 5. The van der Waals surface area contributed by atoms with Crippen molar-refractivity contribution in [1.82, 2.24) is 15.1 Å². The average molecular weight is 219 g/mol. The molecule has 1 heterocycles. The van der Waals surface area contributed by atoms with Crippen molar-refractivity contribution in [3.05, 3.63) is 18.0 Å². The van der Waals surface area contributed by atoms with E-state index in [1.54, 1.807) is 0 Å². The van der Waals surface area contributed by atoms with Crippen molar-refractivity contribution in [1.29, 1.82) is 0 Å². The van der Waals surface area contributed by atoms with Gasteiger partial charge in [-0.25, -0.2) is 0 Å². The largest absolute Gasteiger partial charge is 0.314 e. The molecule has 2 saturated carbocycles. The molecule has 1 aromatic heterocycles. The third-order valence-corrected chi connectivity index (χ3v) is 3.75. The van der Waals surface area contributed by atoms with E-state index in [0.717, 1.165) is 17.9 Å². The lowest BCUT2D eigenvalue weighted by molar-refractivity contribution is 0.532. The molecule has 0 bridgehead atoms. The van der Waals surface area contributed by atoms with Crippen molar-refractivity contribution in [2.24, 2.45) is 5.92 Å². The maximum absolute atomic E-state index is 4.42. The quantitative estimate of drug-likeness (QED) is 0.823. The summed E-state index contributed by atoms with van der Waals surface area (Å²) in [5.41, 5.74) is 1.44. The van der Waals surface area contributed by atoms with Gasteiger partial charge in [0.2, 0.25) is 0 Å². The fourth-order valence-corrected chi connectivity index (χ4v) is 2.31. The Morgan fingerprint density at radius 3 is 2.94 bits per heavy atom. The molecular weight excluding hydrogens is 198 g/mol. The van der Waals surface area contributed by atoms with E-state index in [0.29, 0.717) is 6.04 Å². The van der Waals surface area contributed by atoms with E-state index < -0.39 is 0 Å². The first-order valence-electron chi connectivity index (χ1n) is 6.51. The van der Waals surface area contributed by atoms with E-state index in [-0.39, 0.29) is 0 Å². The minimum atomic E-state index is 0.482. The lowest BCUT2D eigenvalue weighted by atomic mass is 10.2. The van der Waals surface area contributed by atoms with Gasteiger partial charge in [0.05, 0.1) is 6.20 Å². The zero-order chi connectivity index (χ0) is 11.1. The lowest BCUT2D eigenvalue weighted by Gasteiger charge is -2.03. The van der Waals surface area contributed by atoms with Gasteiger partial charge in [0, 0.05) is 18.3 Å². The third kappa shape index (κ3) is 2.14. The van der Waals surface area contributed by atoms with Crippen molar-refractivity contribution < 1.29 is 0 Å². The highest BCUT2D eigenvalue weighted by molar-refractivity contribution is 5.20. The normalized spacial score (nSPS) is 28.7. The second kappa shape index (κ2) is 3.88. The number of hydrogen-bond acceptors (Lipinski definition) is 2. The molecule has 0 radical (unpaired) electrons. The van der Waals surface area contributed by atoms with Gasteiger partial charge in [0.25, 0.3) is 0 Å². The highest BCUT2D eigenvalue weighted by Crippen LogP contribution is 2.47. The average Bonchev–Trinajstić information content (AvgIpc) is 3.15. The van der Waals surface area contributed by atoms with Gasteiger partial charge in [-0.15, -0.1) is 0 Å². The minimum Gasteiger partial charge on any atom is -0.314 e. The fraction of sp³-hybridized carbons (Fsp3) is 0.769. The summed E-state index contributed by atoms with van der Waals surface area (Å²) >= 11 is 0. The van der Waals surface area contributed by atoms with E-state index in [9.17, 15) is 0 Å². The summed E-state index contributed by atoms with van der Waals surface area (Å²) in [6.45, 7) is 5.56. The molecule has 88 valence electrons. The fourth-order valence-electron chi connectivity index (χ4n) is 2.31. The van der Waals surface area contributed by atoms with Gasteiger partial charge < -0.3 is 5.32 Å². The zero-order valence-corrected chi connectivity index (χ0v) is 10.2. The number of hydrogen-bond donors (Lipinski definition) is 1. The highest BCUT2D eigenvalue weighted by atomic mass is 15.3. The first-order chi connectivity index (χ1) is 7.74. The van der Waals surface area contributed by atoms with Crippen LogP contribution in [0.25, 0.3) is 0 Å². The van der Waals surface area contributed by atoms with Crippen molar-refractivity contribution in [3.8, 4) is 0 Å². The predicted octanol–water partition coefficient (Wildman–Crippen LogP) is 2.32. The maximum Gasteiger partial charge on any atom is 0.0524 e. The van der Waals surface area contributed by atoms with Gasteiger partial charge in [-0.2, -0.15) is 5.10 Å². The zero-order valence-electron chi connectivity index (χ0n) is 10.2. The lowest BCUT2D eigenvalue weighted by Crippen LogP contribution is -2.19. The Morgan fingerprint density at radius 2 is 2.31 bits per heavy atom. The van der Waals surface area contributed by atoms with E-state index in [1.807, 2.05) is 0 Å². The van der Waals surface area contributed by atoms with Gasteiger partial charge in [-0.1, -0.05) is 0 Å². The van der Waals surface area contributed by atoms with Crippen LogP contribution in [0.1, 0.15) is 50.6 Å². The third-order valence-electron chi connectivity index (χ3n) is 3.75. The maximum atomic E-state index is 4.42. The summed E-state index contributed by atoms with van der Waals surface area (Å²) in [5, 5.41) is 8.04. The molecule has 2 aliphatic rings. The Labute approximate surface area is 97.2 Å². The minimum absolute atomic E-state index is 0.482. The monoisotopic (exact) mass is 219 g/mol. The molecule has 3 heteroatoms. The van der Waals surface area contributed by atoms with Crippen molar-refractivity contribution in [2.45, 2.75) is 51.1 Å². The molecule has 1 aromatic rings. The van der Waals surface area contributed by atoms with Gasteiger partial charge in [0.15, 0.2) is 0 Å². The first kappa shape index (κ1) is 10.3. The Kier molecular flexibility index (Phi) is 2.51. The number of nitrogens with zero attached hydrogens (tertiary/aromatic N) is 2. The van der Waals surface area contributed by atoms with Crippen LogP contribution in [0.3, 0.4) is 0 Å². The molecule has 0 aliphatic heterocycles. The molecule has 2 atom stereocenters. The second-order valence-corrected chi connectivity index (χ2v) is 5.63. The molecule has 16 heavy (non-hydrogen) atoms. The van der Waals surface area contributed by atoms with Crippen LogP contribution in [0, 0.1) is 5.92 Å². The summed E-state index contributed by atoms with van der Waals surface area (Å²) in [4.78, 5) is 0. The molecular formula is C13H21N3. The van der Waals surface area contributed by atoms with Crippen LogP contribution in [0.15, 0.2) is 12.4 Å². The Bertz CT molecular complexity index is 365. The SMILES string of the molecule is CC(C)n1cc(C2CC2CNC2CC2)cn1. The molecule has 3 nitrogen and oxygen atoms in total. The molecule has 2 fully saturated rings. The van der Waals surface area contributed by atoms with Crippen molar-refractivity contribution in [2.75, 3.05) is 6.54 Å². The topological polar surface area (TPSA) is 29.9 Å². The van der Waals surface area contributed by atoms with Gasteiger partial charge >= 0.3 is 0 Å². The van der Waals surface area contributed by atoms with E-state index in [4.69, 9.17) is 0 Å². The Balaban J connectivity index is 1.53. The van der Waals surface area contributed by atoms with Gasteiger partial charge in [-0.05, 0) is 57.1 Å². The molecule has 2 unspecified atom stereocenters. The molecule has 0 amide bonds. The van der Waals surface area contributed by atoms with Crippen LogP contribution in [-0.2, 0) is 0 Å². The summed E-state index contributed by atoms with van der Waals surface area (Å²) < 4.78 is 2.07.